The number of thioether (sulfide) groups is 1. The third-order valence-electron chi connectivity index (χ3n) is 4.91. The molecule has 4 rings (SSSR count). The number of anilines is 3. The number of carbonyl (C=O) groups is 1. The van der Waals surface area contributed by atoms with Crippen molar-refractivity contribution in [3.05, 3.63) is 71.5 Å². The first-order chi connectivity index (χ1) is 15.1. The molecule has 2 aromatic carbocycles. The Labute approximate surface area is 189 Å². The van der Waals surface area contributed by atoms with Crippen LogP contribution in [-0.2, 0) is 4.79 Å². The molecule has 0 unspecified atom stereocenters. The third-order valence-corrected chi connectivity index (χ3v) is 6.14. The van der Waals surface area contributed by atoms with Crippen LogP contribution < -0.4 is 15.1 Å². The van der Waals surface area contributed by atoms with Crippen molar-refractivity contribution < 1.29 is 9.18 Å². The molecule has 1 amide bonds. The average molecular weight is 458 g/mol. The van der Waals surface area contributed by atoms with Crippen LogP contribution in [0.15, 0.2) is 65.7 Å². The van der Waals surface area contributed by atoms with Crippen LogP contribution in [0.25, 0.3) is 0 Å². The molecular weight excluding hydrogens is 437 g/mol. The van der Waals surface area contributed by atoms with E-state index in [1.807, 2.05) is 18.2 Å². The zero-order valence-electron chi connectivity index (χ0n) is 16.7. The van der Waals surface area contributed by atoms with Gasteiger partial charge >= 0.3 is 0 Å². The number of piperazine rings is 1. The van der Waals surface area contributed by atoms with Gasteiger partial charge in [-0.1, -0.05) is 41.6 Å². The maximum Gasteiger partial charge on any atom is 0.234 e. The lowest BCUT2D eigenvalue weighted by Gasteiger charge is -2.36. The molecule has 0 radical (unpaired) electrons. The lowest BCUT2D eigenvalue weighted by Crippen LogP contribution is -2.46. The minimum atomic E-state index is -0.450. The molecule has 1 aromatic heterocycles. The van der Waals surface area contributed by atoms with Crippen LogP contribution in [0.1, 0.15) is 0 Å². The molecule has 9 heteroatoms. The molecule has 0 aliphatic carbocycles. The Morgan fingerprint density at radius 1 is 1.00 bits per heavy atom. The number of nitrogens with zero attached hydrogens (tertiary/aromatic N) is 4. The topological polar surface area (TPSA) is 61.4 Å². The van der Waals surface area contributed by atoms with Gasteiger partial charge in [-0.05, 0) is 42.5 Å². The minimum absolute atomic E-state index is 0.150. The van der Waals surface area contributed by atoms with E-state index in [0.29, 0.717) is 10.7 Å². The predicted molar refractivity (Wildman–Crippen MR) is 124 cm³/mol. The number of hydrogen-bond donors (Lipinski definition) is 1. The molecule has 6 nitrogen and oxygen atoms in total. The molecular formula is C22H21ClFN5OS. The first-order valence-electron chi connectivity index (χ1n) is 9.85. The van der Waals surface area contributed by atoms with Crippen molar-refractivity contribution in [1.82, 2.24) is 10.2 Å². The number of hydrogen-bond acceptors (Lipinski definition) is 6. The van der Waals surface area contributed by atoms with Crippen LogP contribution in [0.3, 0.4) is 0 Å². The maximum atomic E-state index is 13.1. The number of halogens is 2. The molecule has 1 saturated heterocycles. The first kappa shape index (κ1) is 21.4. The van der Waals surface area contributed by atoms with Gasteiger partial charge in [0.05, 0.1) is 16.5 Å². The molecule has 1 aliphatic rings. The van der Waals surface area contributed by atoms with E-state index >= 15 is 0 Å². The molecule has 0 bridgehead atoms. The van der Waals surface area contributed by atoms with Gasteiger partial charge in [-0.15, -0.1) is 10.2 Å². The Bertz CT molecular complexity index is 1030. The van der Waals surface area contributed by atoms with Crippen LogP contribution in [0.2, 0.25) is 5.02 Å². The summed E-state index contributed by atoms with van der Waals surface area (Å²) in [7, 11) is 0. The number of amides is 1. The normalized spacial score (nSPS) is 13.9. The van der Waals surface area contributed by atoms with Gasteiger partial charge in [-0.2, -0.15) is 0 Å². The van der Waals surface area contributed by atoms with Crippen LogP contribution in [0, 0.1) is 5.82 Å². The zero-order chi connectivity index (χ0) is 21.6. The minimum Gasteiger partial charge on any atom is -0.368 e. The standard InChI is InChI=1S/C22H21ClFN5OS/c23-18-14-16(24)6-7-19(18)25-21(30)15-31-22-9-8-20(26-27-22)29-12-10-28(11-13-29)17-4-2-1-3-5-17/h1-9,14H,10-13,15H2,(H,25,30). The summed E-state index contributed by atoms with van der Waals surface area (Å²) in [5.41, 5.74) is 1.62. The van der Waals surface area contributed by atoms with Gasteiger partial charge in [-0.3, -0.25) is 4.79 Å². The van der Waals surface area contributed by atoms with Crippen molar-refractivity contribution >= 4 is 46.5 Å². The highest BCUT2D eigenvalue weighted by atomic mass is 35.5. The van der Waals surface area contributed by atoms with E-state index in [4.69, 9.17) is 11.6 Å². The van der Waals surface area contributed by atoms with Gasteiger partial charge in [0.1, 0.15) is 10.8 Å². The molecule has 0 saturated carbocycles. The average Bonchev–Trinajstić information content (AvgIpc) is 2.81. The van der Waals surface area contributed by atoms with Crippen molar-refractivity contribution in [2.45, 2.75) is 5.03 Å². The SMILES string of the molecule is O=C(CSc1ccc(N2CCN(c3ccccc3)CC2)nn1)Nc1ccc(F)cc1Cl. The number of rotatable bonds is 6. The summed E-state index contributed by atoms with van der Waals surface area (Å²) >= 11 is 7.21. The molecule has 31 heavy (non-hydrogen) atoms. The second-order valence-corrected chi connectivity index (χ2v) is 8.40. The summed E-state index contributed by atoms with van der Waals surface area (Å²) in [6, 6.07) is 18.0. The van der Waals surface area contributed by atoms with E-state index in [1.54, 1.807) is 0 Å². The van der Waals surface area contributed by atoms with Gasteiger partial charge in [0.15, 0.2) is 5.82 Å². The summed E-state index contributed by atoms with van der Waals surface area (Å²) in [5.74, 6) is 0.285. The Balaban J connectivity index is 1.26. The van der Waals surface area contributed by atoms with Crippen LogP contribution in [0.4, 0.5) is 21.6 Å². The zero-order valence-corrected chi connectivity index (χ0v) is 18.2. The monoisotopic (exact) mass is 457 g/mol. The maximum absolute atomic E-state index is 13.1. The fourth-order valence-corrected chi connectivity index (χ4v) is 4.14. The fourth-order valence-electron chi connectivity index (χ4n) is 3.31. The van der Waals surface area contributed by atoms with Crippen molar-refractivity contribution in [1.29, 1.82) is 0 Å². The summed E-state index contributed by atoms with van der Waals surface area (Å²) in [6.07, 6.45) is 0. The predicted octanol–water partition coefficient (Wildman–Crippen LogP) is 4.33. The van der Waals surface area contributed by atoms with E-state index in [2.05, 4.69) is 49.6 Å². The molecule has 2 heterocycles. The van der Waals surface area contributed by atoms with Gasteiger partial charge in [0, 0.05) is 31.9 Å². The highest BCUT2D eigenvalue weighted by molar-refractivity contribution is 7.99. The van der Waals surface area contributed by atoms with Gasteiger partial charge in [0.25, 0.3) is 0 Å². The van der Waals surface area contributed by atoms with E-state index in [-0.39, 0.29) is 16.7 Å². The van der Waals surface area contributed by atoms with E-state index in [0.717, 1.165) is 38.1 Å². The molecule has 0 atom stereocenters. The largest absolute Gasteiger partial charge is 0.368 e. The lowest BCUT2D eigenvalue weighted by molar-refractivity contribution is -0.113. The van der Waals surface area contributed by atoms with Crippen LogP contribution >= 0.6 is 23.4 Å². The van der Waals surface area contributed by atoms with E-state index in [9.17, 15) is 9.18 Å². The summed E-state index contributed by atoms with van der Waals surface area (Å²) in [4.78, 5) is 16.7. The summed E-state index contributed by atoms with van der Waals surface area (Å²) in [6.45, 7) is 3.59. The molecule has 1 N–H and O–H groups in total. The molecule has 0 spiro atoms. The molecule has 1 aliphatic heterocycles. The van der Waals surface area contributed by atoms with Crippen LogP contribution in [0.5, 0.6) is 0 Å². The first-order valence-corrected chi connectivity index (χ1v) is 11.2. The van der Waals surface area contributed by atoms with Crippen LogP contribution in [-0.4, -0.2) is 48.0 Å². The molecule has 1 fully saturated rings. The highest BCUT2D eigenvalue weighted by Gasteiger charge is 2.18. The number of carbonyl (C=O) groups excluding carboxylic acids is 1. The number of aromatic nitrogens is 2. The van der Waals surface area contributed by atoms with Gasteiger partial charge < -0.3 is 15.1 Å². The second-order valence-electron chi connectivity index (χ2n) is 7.00. The van der Waals surface area contributed by atoms with E-state index in [1.165, 1.54) is 29.6 Å². The van der Waals surface area contributed by atoms with Crippen molar-refractivity contribution in [3.8, 4) is 0 Å². The smallest absolute Gasteiger partial charge is 0.234 e. The fraction of sp³-hybridized carbons (Fsp3) is 0.227. The molecule has 160 valence electrons. The van der Waals surface area contributed by atoms with Gasteiger partial charge in [-0.25, -0.2) is 4.39 Å². The van der Waals surface area contributed by atoms with Crippen molar-refractivity contribution in [3.63, 3.8) is 0 Å². The Hall–Kier alpha value is -2.84. The number of para-hydroxylation sites is 1. The number of benzene rings is 2. The highest BCUT2D eigenvalue weighted by Crippen LogP contribution is 2.24. The Kier molecular flexibility index (Phi) is 6.89. The second kappa shape index (κ2) is 9.98. The summed E-state index contributed by atoms with van der Waals surface area (Å²) in [5, 5.41) is 12.1. The quantitative estimate of drug-likeness (QED) is 0.556. The van der Waals surface area contributed by atoms with Gasteiger partial charge in [0.2, 0.25) is 5.91 Å². The number of nitrogens with one attached hydrogen (secondary N) is 1. The van der Waals surface area contributed by atoms with E-state index < -0.39 is 5.82 Å². The lowest BCUT2D eigenvalue weighted by atomic mass is 10.2. The third kappa shape index (κ3) is 5.65. The Morgan fingerprint density at radius 3 is 2.42 bits per heavy atom. The van der Waals surface area contributed by atoms with Crippen molar-refractivity contribution in [2.75, 3.05) is 47.0 Å². The summed E-state index contributed by atoms with van der Waals surface area (Å²) < 4.78 is 13.1. The molecule has 3 aromatic rings. The van der Waals surface area contributed by atoms with Crippen molar-refractivity contribution in [2.24, 2.45) is 0 Å². The Morgan fingerprint density at radius 2 is 1.74 bits per heavy atom.